The minimum absolute atomic E-state index is 0.0363. The van der Waals surface area contributed by atoms with Gasteiger partial charge in [0, 0.05) is 42.4 Å². The zero-order valence-electron chi connectivity index (χ0n) is 15.2. The van der Waals surface area contributed by atoms with Gasteiger partial charge in [-0.1, -0.05) is 0 Å². The number of pyridine rings is 1. The van der Waals surface area contributed by atoms with E-state index in [0.717, 1.165) is 40.9 Å². The number of oxazole rings is 1. The lowest BCUT2D eigenvalue weighted by atomic mass is 10.0. The van der Waals surface area contributed by atoms with Gasteiger partial charge in [-0.05, 0) is 49.9 Å². The summed E-state index contributed by atoms with van der Waals surface area (Å²) < 4.78 is 31.6. The third kappa shape index (κ3) is 3.68. The highest BCUT2D eigenvalue weighted by molar-refractivity contribution is 7.70. The van der Waals surface area contributed by atoms with Crippen LogP contribution < -0.4 is 10.3 Å². The lowest BCUT2D eigenvalue weighted by molar-refractivity contribution is 0.534. The molecule has 0 amide bonds. The van der Waals surface area contributed by atoms with E-state index in [4.69, 9.17) is 4.42 Å². The summed E-state index contributed by atoms with van der Waals surface area (Å²) in [5.41, 5.74) is 4.80. The zero-order chi connectivity index (χ0) is 19.1. The van der Waals surface area contributed by atoms with Crippen molar-refractivity contribution in [1.29, 1.82) is 0 Å². The standard InChI is InChI=1S/C19H21N3O4S/c1-11-7-14(10-22(2)19(11)23)15-8-12(5-6-20-27(24)25)9-16-17(15)26-18(21-16)13-3-4-13/h7-10,13,27H,3-6H2,1-2H3,(H,20,24,25). The van der Waals surface area contributed by atoms with Crippen molar-refractivity contribution in [2.45, 2.75) is 32.1 Å². The Labute approximate surface area is 158 Å². The van der Waals surface area contributed by atoms with Crippen LogP contribution in [0.1, 0.15) is 35.8 Å². The van der Waals surface area contributed by atoms with Crippen molar-refractivity contribution in [2.24, 2.45) is 7.05 Å². The van der Waals surface area contributed by atoms with E-state index in [0.29, 0.717) is 30.0 Å². The number of aryl methyl sites for hydroxylation is 2. The molecular formula is C19H21N3O4S. The predicted molar refractivity (Wildman–Crippen MR) is 103 cm³/mol. The smallest absolute Gasteiger partial charge is 0.253 e. The van der Waals surface area contributed by atoms with Gasteiger partial charge in [-0.2, -0.15) is 0 Å². The first-order valence-electron chi connectivity index (χ1n) is 8.91. The molecule has 1 N–H and O–H groups in total. The van der Waals surface area contributed by atoms with Crippen LogP contribution in [-0.2, 0) is 24.4 Å². The van der Waals surface area contributed by atoms with E-state index in [9.17, 15) is 13.2 Å². The summed E-state index contributed by atoms with van der Waals surface area (Å²) in [5, 5.41) is 0. The lowest BCUT2D eigenvalue weighted by Gasteiger charge is -2.09. The zero-order valence-corrected chi connectivity index (χ0v) is 16.1. The minimum atomic E-state index is -2.61. The van der Waals surface area contributed by atoms with E-state index in [-0.39, 0.29) is 5.56 Å². The summed E-state index contributed by atoms with van der Waals surface area (Å²) in [5.74, 6) is 1.15. The van der Waals surface area contributed by atoms with E-state index in [1.54, 1.807) is 24.7 Å². The number of rotatable bonds is 6. The molecule has 0 atom stereocenters. The van der Waals surface area contributed by atoms with Crippen LogP contribution in [0.4, 0.5) is 0 Å². The van der Waals surface area contributed by atoms with Gasteiger partial charge in [0.25, 0.3) is 5.56 Å². The Balaban J connectivity index is 1.84. The van der Waals surface area contributed by atoms with Crippen molar-refractivity contribution >= 4 is 22.0 Å². The van der Waals surface area contributed by atoms with Crippen LogP contribution in [0.3, 0.4) is 0 Å². The Bertz CT molecular complexity index is 1120. The second kappa shape index (κ2) is 6.94. The van der Waals surface area contributed by atoms with Crippen LogP contribution in [0.15, 0.2) is 33.6 Å². The highest BCUT2D eigenvalue weighted by Gasteiger charge is 2.29. The number of nitrogens with one attached hydrogen (secondary N) is 1. The van der Waals surface area contributed by atoms with Crippen LogP contribution in [0.2, 0.25) is 0 Å². The first-order chi connectivity index (χ1) is 12.9. The molecule has 0 unspecified atom stereocenters. The molecule has 0 aliphatic heterocycles. The van der Waals surface area contributed by atoms with Crippen molar-refractivity contribution in [3.8, 4) is 11.1 Å². The minimum Gasteiger partial charge on any atom is -0.440 e. The van der Waals surface area contributed by atoms with Gasteiger partial charge in [0.05, 0.1) is 0 Å². The van der Waals surface area contributed by atoms with Crippen LogP contribution in [0, 0.1) is 6.92 Å². The summed E-state index contributed by atoms with van der Waals surface area (Å²) >= 11 is 0. The molecule has 0 bridgehead atoms. The molecule has 1 aromatic carbocycles. The van der Waals surface area contributed by atoms with E-state index < -0.39 is 10.9 Å². The largest absolute Gasteiger partial charge is 0.440 e. The molecule has 1 fully saturated rings. The van der Waals surface area contributed by atoms with Gasteiger partial charge >= 0.3 is 0 Å². The predicted octanol–water partition coefficient (Wildman–Crippen LogP) is 2.04. The van der Waals surface area contributed by atoms with Gasteiger partial charge in [0.15, 0.2) is 11.5 Å². The molecule has 0 spiro atoms. The lowest BCUT2D eigenvalue weighted by Crippen LogP contribution is -2.18. The highest BCUT2D eigenvalue weighted by Crippen LogP contribution is 2.42. The normalized spacial score (nSPS) is 14.3. The van der Waals surface area contributed by atoms with E-state index in [2.05, 4.69) is 9.71 Å². The van der Waals surface area contributed by atoms with Crippen LogP contribution in [0.25, 0.3) is 22.2 Å². The number of hydrogen-bond donors (Lipinski definition) is 2. The Morgan fingerprint density at radius 2 is 2.07 bits per heavy atom. The monoisotopic (exact) mass is 387 g/mol. The fourth-order valence-corrected chi connectivity index (χ4v) is 3.58. The third-order valence-electron chi connectivity index (χ3n) is 4.82. The number of nitrogens with zero attached hydrogens (tertiary/aromatic N) is 2. The quantitative estimate of drug-likeness (QED) is 0.631. The SMILES string of the molecule is Cc1cc(-c2cc(CCN[SH](=O)=O)cc3nc(C4CC4)oc23)cn(C)c1=O. The molecule has 3 aromatic rings. The molecule has 1 aliphatic rings. The van der Waals surface area contributed by atoms with Crippen LogP contribution >= 0.6 is 0 Å². The highest BCUT2D eigenvalue weighted by atomic mass is 32.2. The summed E-state index contributed by atoms with van der Waals surface area (Å²) in [6.45, 7) is 2.11. The van der Waals surface area contributed by atoms with Crippen molar-refractivity contribution in [3.63, 3.8) is 0 Å². The molecule has 1 saturated carbocycles. The number of fused-ring (bicyclic) bond motifs is 1. The summed E-state index contributed by atoms with van der Waals surface area (Å²) in [4.78, 5) is 16.7. The molecule has 1 aliphatic carbocycles. The number of aromatic nitrogens is 2. The van der Waals surface area contributed by atoms with Gasteiger partial charge in [-0.25, -0.2) is 18.1 Å². The van der Waals surface area contributed by atoms with Gasteiger partial charge < -0.3 is 8.98 Å². The molecular weight excluding hydrogens is 366 g/mol. The third-order valence-corrected chi connectivity index (χ3v) is 5.30. The summed E-state index contributed by atoms with van der Waals surface area (Å²) in [7, 11) is -0.887. The first-order valence-corrected chi connectivity index (χ1v) is 10.1. The van der Waals surface area contributed by atoms with Gasteiger partial charge in [0.2, 0.25) is 10.9 Å². The fraction of sp³-hybridized carbons (Fsp3) is 0.368. The molecule has 0 saturated heterocycles. The second-order valence-corrected chi connectivity index (χ2v) is 7.89. The average Bonchev–Trinajstić information content (AvgIpc) is 3.37. The molecule has 142 valence electrons. The summed E-state index contributed by atoms with van der Waals surface area (Å²) in [6, 6.07) is 5.79. The molecule has 8 heteroatoms. The van der Waals surface area contributed by atoms with Crippen molar-refractivity contribution < 1.29 is 12.8 Å². The van der Waals surface area contributed by atoms with Crippen molar-refractivity contribution in [3.05, 3.63) is 51.8 Å². The number of benzene rings is 1. The van der Waals surface area contributed by atoms with E-state index in [1.165, 1.54) is 0 Å². The van der Waals surface area contributed by atoms with Crippen LogP contribution in [-0.4, -0.2) is 24.5 Å². The van der Waals surface area contributed by atoms with Gasteiger partial charge in [-0.15, -0.1) is 0 Å². The molecule has 7 nitrogen and oxygen atoms in total. The maximum Gasteiger partial charge on any atom is 0.253 e. The van der Waals surface area contributed by atoms with E-state index in [1.807, 2.05) is 18.2 Å². The molecule has 2 aromatic heterocycles. The first kappa shape index (κ1) is 17.9. The maximum atomic E-state index is 12.1. The van der Waals surface area contributed by atoms with Gasteiger partial charge in [0.1, 0.15) is 5.52 Å². The molecule has 4 rings (SSSR count). The summed E-state index contributed by atoms with van der Waals surface area (Å²) in [6.07, 6.45) is 4.52. The average molecular weight is 387 g/mol. The Morgan fingerprint density at radius 1 is 1.30 bits per heavy atom. The van der Waals surface area contributed by atoms with Crippen LogP contribution in [0.5, 0.6) is 0 Å². The molecule has 27 heavy (non-hydrogen) atoms. The topological polar surface area (TPSA) is 94.2 Å². The van der Waals surface area contributed by atoms with Gasteiger partial charge in [-0.3, -0.25) is 4.79 Å². The maximum absolute atomic E-state index is 12.1. The molecule has 2 heterocycles. The fourth-order valence-electron chi connectivity index (χ4n) is 3.29. The Hall–Kier alpha value is -2.45. The number of hydrogen-bond acceptors (Lipinski definition) is 5. The van der Waals surface area contributed by atoms with Crippen molar-refractivity contribution in [2.75, 3.05) is 6.54 Å². The second-order valence-electron chi connectivity index (χ2n) is 7.06. The Kier molecular flexibility index (Phi) is 4.61. The molecule has 0 radical (unpaired) electrons. The van der Waals surface area contributed by atoms with E-state index >= 15 is 0 Å². The number of thiol groups is 1. The Morgan fingerprint density at radius 3 is 2.74 bits per heavy atom. The van der Waals surface area contributed by atoms with Crippen molar-refractivity contribution in [1.82, 2.24) is 14.3 Å².